The number of hydrogen-bond donors (Lipinski definition) is 1. The zero-order valence-electron chi connectivity index (χ0n) is 15.8. The van der Waals surface area contributed by atoms with E-state index in [1.54, 1.807) is 54.6 Å². The van der Waals surface area contributed by atoms with Crippen LogP contribution in [-0.2, 0) is 36.1 Å². The fourth-order valence-electron chi connectivity index (χ4n) is 2.08. The monoisotopic (exact) mass is 447 g/mol. The van der Waals surface area contributed by atoms with Crippen molar-refractivity contribution in [2.45, 2.75) is 19.4 Å². The lowest BCUT2D eigenvalue weighted by atomic mass is 10.2. The van der Waals surface area contributed by atoms with Gasteiger partial charge in [0.15, 0.2) is 6.61 Å². The van der Waals surface area contributed by atoms with Crippen LogP contribution >= 0.6 is 7.82 Å². The number of carbonyl (C=O) groups excluding carboxylic acids is 1. The summed E-state index contributed by atoms with van der Waals surface area (Å²) in [5.41, 5.74) is 1.35. The molecule has 0 saturated carbocycles. The minimum atomic E-state index is -4.71. The fraction of sp³-hybridized carbons (Fsp3) is 0.316. The van der Waals surface area contributed by atoms with Crippen LogP contribution in [0.3, 0.4) is 0 Å². The minimum Gasteiger partial charge on any atom is -0.445 e. The predicted octanol–water partition coefficient (Wildman–Crippen LogP) is 4.83. The number of amides is 1. The highest BCUT2D eigenvalue weighted by molar-refractivity contribution is 7.48. The Morgan fingerprint density at radius 1 is 0.867 bits per heavy atom. The number of hydrogen-bond acceptors (Lipinski definition) is 6. The van der Waals surface area contributed by atoms with Crippen molar-refractivity contribution < 1.29 is 40.8 Å². The lowest BCUT2D eigenvalue weighted by Crippen LogP contribution is -2.28. The summed E-state index contributed by atoms with van der Waals surface area (Å²) in [5, 5.41) is 2.33. The van der Waals surface area contributed by atoms with Gasteiger partial charge in [0.05, 0.1) is 13.2 Å². The highest BCUT2D eigenvalue weighted by Gasteiger charge is 2.36. The molecule has 2 aromatic rings. The molecule has 0 saturated heterocycles. The van der Waals surface area contributed by atoms with Gasteiger partial charge < -0.3 is 10.1 Å². The highest BCUT2D eigenvalue weighted by Crippen LogP contribution is 2.51. The molecule has 2 rings (SSSR count). The maximum Gasteiger partial charge on any atom is 0.475 e. The van der Waals surface area contributed by atoms with E-state index >= 15 is 0 Å². The third kappa shape index (κ3) is 9.89. The summed E-state index contributed by atoms with van der Waals surface area (Å²) >= 11 is 0. The molecule has 0 bridgehead atoms. The highest BCUT2D eigenvalue weighted by atomic mass is 31.2. The third-order valence-electron chi connectivity index (χ3n) is 3.45. The number of alkyl halides is 3. The van der Waals surface area contributed by atoms with Crippen molar-refractivity contribution in [2.24, 2.45) is 0 Å². The Labute approximate surface area is 171 Å². The van der Waals surface area contributed by atoms with Crippen molar-refractivity contribution in [3.63, 3.8) is 0 Å². The molecule has 0 radical (unpaired) electrons. The molecule has 0 aliphatic carbocycles. The van der Waals surface area contributed by atoms with Crippen LogP contribution in [0.1, 0.15) is 11.1 Å². The van der Waals surface area contributed by atoms with Crippen LogP contribution in [0.2, 0.25) is 0 Å². The van der Waals surface area contributed by atoms with E-state index in [0.29, 0.717) is 5.56 Å². The zero-order chi connectivity index (χ0) is 21.9. The summed E-state index contributed by atoms with van der Waals surface area (Å²) in [6.07, 6.45) is -5.48. The zero-order valence-corrected chi connectivity index (χ0v) is 16.7. The molecular weight excluding hydrogens is 426 g/mol. The molecule has 0 aliphatic heterocycles. The first-order valence-corrected chi connectivity index (χ1v) is 10.3. The van der Waals surface area contributed by atoms with Crippen LogP contribution in [0.4, 0.5) is 18.0 Å². The Morgan fingerprint density at radius 3 is 2.00 bits per heavy atom. The van der Waals surface area contributed by atoms with Crippen LogP contribution in [0.5, 0.6) is 0 Å². The van der Waals surface area contributed by atoms with Crippen molar-refractivity contribution in [1.29, 1.82) is 0 Å². The second-order valence-electron chi connectivity index (χ2n) is 5.92. The van der Waals surface area contributed by atoms with Crippen LogP contribution in [0, 0.1) is 0 Å². The number of phosphoric ester groups is 1. The van der Waals surface area contributed by atoms with Crippen LogP contribution in [-0.4, -0.2) is 32.0 Å². The summed E-state index contributed by atoms with van der Waals surface area (Å²) in [5.74, 6) is 0. The van der Waals surface area contributed by atoms with Crippen molar-refractivity contribution >= 4 is 13.9 Å². The molecule has 11 heteroatoms. The Bertz CT molecular complexity index is 820. The fourth-order valence-corrected chi connectivity index (χ4v) is 3.23. The number of nitrogens with one attached hydrogen (secondary N) is 1. The predicted molar refractivity (Wildman–Crippen MR) is 101 cm³/mol. The Hall–Kier alpha value is -2.39. The Balaban J connectivity index is 1.78. The van der Waals surface area contributed by atoms with Gasteiger partial charge in [-0.05, 0) is 11.1 Å². The van der Waals surface area contributed by atoms with Gasteiger partial charge in [-0.15, -0.1) is 0 Å². The molecule has 2 aromatic carbocycles. The standard InChI is InChI=1S/C19H21F3NO6P/c20-19(21,22)15-29-30(25,28-14-17-9-5-2-6-10-17)27-12-11-23-18(24)26-13-16-7-3-1-4-8-16/h1-10H,11-15H2,(H,23,24). The smallest absolute Gasteiger partial charge is 0.445 e. The second-order valence-corrected chi connectivity index (χ2v) is 7.59. The molecule has 30 heavy (non-hydrogen) atoms. The number of carbonyl (C=O) groups is 1. The Morgan fingerprint density at radius 2 is 1.43 bits per heavy atom. The first-order chi connectivity index (χ1) is 14.3. The van der Waals surface area contributed by atoms with E-state index in [9.17, 15) is 22.5 Å². The Kier molecular flexibility index (Phi) is 9.32. The molecule has 1 atom stereocenters. The van der Waals surface area contributed by atoms with Gasteiger partial charge in [0, 0.05) is 6.54 Å². The number of alkyl carbamates (subject to hydrolysis) is 1. The molecule has 1 N–H and O–H groups in total. The van der Waals surface area contributed by atoms with Gasteiger partial charge in [0.2, 0.25) is 0 Å². The summed E-state index contributed by atoms with van der Waals surface area (Å²) in [4.78, 5) is 11.6. The molecule has 164 valence electrons. The molecule has 0 spiro atoms. The van der Waals surface area contributed by atoms with Crippen LogP contribution in [0.25, 0.3) is 0 Å². The third-order valence-corrected chi connectivity index (χ3v) is 4.84. The summed E-state index contributed by atoms with van der Waals surface area (Å²) in [6, 6.07) is 17.3. The van der Waals surface area contributed by atoms with E-state index in [1.165, 1.54) is 0 Å². The largest absolute Gasteiger partial charge is 0.475 e. The average Bonchev–Trinajstić information content (AvgIpc) is 2.74. The van der Waals surface area contributed by atoms with E-state index < -0.39 is 33.3 Å². The maximum absolute atomic E-state index is 12.5. The van der Waals surface area contributed by atoms with Crippen LogP contribution in [0.15, 0.2) is 60.7 Å². The minimum absolute atomic E-state index is 0.0426. The van der Waals surface area contributed by atoms with Crippen molar-refractivity contribution in [3.8, 4) is 0 Å². The summed E-state index contributed by atoms with van der Waals surface area (Å²) in [7, 11) is -4.52. The van der Waals surface area contributed by atoms with E-state index in [-0.39, 0.29) is 19.8 Å². The molecule has 1 unspecified atom stereocenters. The maximum atomic E-state index is 12.5. The molecule has 0 aliphatic rings. The number of ether oxygens (including phenoxy) is 1. The molecule has 0 fully saturated rings. The second kappa shape index (κ2) is 11.7. The van der Waals surface area contributed by atoms with Crippen LogP contribution < -0.4 is 5.32 Å². The average molecular weight is 447 g/mol. The topological polar surface area (TPSA) is 83.1 Å². The van der Waals surface area contributed by atoms with Gasteiger partial charge in [-0.25, -0.2) is 9.36 Å². The first-order valence-electron chi connectivity index (χ1n) is 8.85. The lowest BCUT2D eigenvalue weighted by Gasteiger charge is -2.19. The van der Waals surface area contributed by atoms with Crippen molar-refractivity contribution in [1.82, 2.24) is 5.32 Å². The number of rotatable bonds is 11. The number of benzene rings is 2. The SMILES string of the molecule is O=C(NCCOP(=O)(OCc1ccccc1)OCC(F)(F)F)OCc1ccccc1. The molecule has 1 amide bonds. The molecule has 0 aromatic heterocycles. The number of phosphoric acid groups is 1. The lowest BCUT2D eigenvalue weighted by molar-refractivity contribution is -0.158. The van der Waals surface area contributed by atoms with Crippen molar-refractivity contribution in [3.05, 3.63) is 71.8 Å². The first kappa shape index (κ1) is 23.9. The van der Waals surface area contributed by atoms with Gasteiger partial charge >= 0.3 is 20.1 Å². The molecule has 0 heterocycles. The summed E-state index contributed by atoms with van der Waals surface area (Å²) in [6.45, 7) is -2.62. The number of halogens is 3. The van der Waals surface area contributed by atoms with E-state index in [4.69, 9.17) is 13.8 Å². The quantitative estimate of drug-likeness (QED) is 0.392. The van der Waals surface area contributed by atoms with Gasteiger partial charge in [0.25, 0.3) is 0 Å². The van der Waals surface area contributed by atoms with Gasteiger partial charge in [-0.3, -0.25) is 13.6 Å². The van der Waals surface area contributed by atoms with Crippen molar-refractivity contribution in [2.75, 3.05) is 19.8 Å². The van der Waals surface area contributed by atoms with Gasteiger partial charge in [-0.1, -0.05) is 60.7 Å². The van der Waals surface area contributed by atoms with E-state index in [0.717, 1.165) is 5.56 Å². The van der Waals surface area contributed by atoms with Gasteiger partial charge in [0.1, 0.15) is 6.61 Å². The molecule has 7 nitrogen and oxygen atoms in total. The van der Waals surface area contributed by atoms with E-state index in [2.05, 4.69) is 9.84 Å². The van der Waals surface area contributed by atoms with E-state index in [1.807, 2.05) is 6.07 Å². The van der Waals surface area contributed by atoms with Gasteiger partial charge in [-0.2, -0.15) is 13.2 Å². The normalized spacial score (nSPS) is 13.4. The summed E-state index contributed by atoms with van der Waals surface area (Å²) < 4.78 is 69.0. The molecular formula is C19H21F3NO6P.